The van der Waals surface area contributed by atoms with E-state index in [1.807, 2.05) is 0 Å². The van der Waals surface area contributed by atoms with E-state index in [-0.39, 0.29) is 27.8 Å². The number of rotatable bonds is 6. The Morgan fingerprint density at radius 3 is 2.03 bits per heavy atom. The molecule has 0 saturated carbocycles. The summed E-state index contributed by atoms with van der Waals surface area (Å²) >= 11 is 0. The summed E-state index contributed by atoms with van der Waals surface area (Å²) in [7, 11) is -9.73. The molecule has 30 heavy (non-hydrogen) atoms. The average Bonchev–Trinajstić information content (AvgIpc) is 2.59. The van der Waals surface area contributed by atoms with Gasteiger partial charge in [-0.3, -0.25) is 24.0 Å². The number of nitrogens with zero attached hydrogens (tertiary/aromatic N) is 1. The molecule has 0 amide bonds. The van der Waals surface area contributed by atoms with Crippen LogP contribution in [0.15, 0.2) is 51.9 Å². The van der Waals surface area contributed by atoms with Crippen LogP contribution in [0.1, 0.15) is 0 Å². The smallest absolute Gasteiger partial charge is 0.446 e. The molecule has 0 fully saturated rings. The van der Waals surface area contributed by atoms with Gasteiger partial charge in [-0.15, -0.1) is 0 Å². The molecular weight excluding hydrogens is 450 g/mol. The standard InChI is InChI=1S/C15H9NO12S2/c17-15-11-4-2-9(28-30(23,24)25)6-14(11)26-7-12(15)10-3-1-8(27-29(20,21)22)5-13(10)16(18)19/h1-7H,(H,20,21,22)(H,23,24,25). The molecule has 15 heteroatoms. The van der Waals surface area contributed by atoms with E-state index in [9.17, 15) is 31.7 Å². The minimum atomic E-state index is -4.93. The maximum atomic E-state index is 12.8. The van der Waals surface area contributed by atoms with Crippen molar-refractivity contribution in [2.45, 2.75) is 0 Å². The lowest BCUT2D eigenvalue weighted by Crippen LogP contribution is -2.09. The molecule has 158 valence electrons. The molecule has 0 atom stereocenters. The summed E-state index contributed by atoms with van der Waals surface area (Å²) in [6.07, 6.45) is 0.869. The van der Waals surface area contributed by atoms with Gasteiger partial charge in [0.1, 0.15) is 17.6 Å². The van der Waals surface area contributed by atoms with Gasteiger partial charge in [0.15, 0.2) is 5.75 Å². The van der Waals surface area contributed by atoms with E-state index in [0.717, 1.165) is 36.6 Å². The van der Waals surface area contributed by atoms with Crippen LogP contribution in [0, 0.1) is 10.1 Å². The van der Waals surface area contributed by atoms with Crippen LogP contribution >= 0.6 is 0 Å². The molecule has 3 aromatic rings. The van der Waals surface area contributed by atoms with E-state index in [1.54, 1.807) is 0 Å². The van der Waals surface area contributed by atoms with Gasteiger partial charge < -0.3 is 12.8 Å². The first-order valence-corrected chi connectivity index (χ1v) is 10.3. The van der Waals surface area contributed by atoms with E-state index in [4.69, 9.17) is 13.5 Å². The predicted molar refractivity (Wildman–Crippen MR) is 98.9 cm³/mol. The zero-order valence-corrected chi connectivity index (χ0v) is 15.9. The Balaban J connectivity index is 2.14. The van der Waals surface area contributed by atoms with Crippen molar-refractivity contribution < 1.29 is 43.6 Å². The molecule has 0 aliphatic rings. The molecule has 0 bridgehead atoms. The van der Waals surface area contributed by atoms with Gasteiger partial charge in [0.25, 0.3) is 5.69 Å². The molecule has 1 heterocycles. The van der Waals surface area contributed by atoms with E-state index in [1.165, 1.54) is 0 Å². The van der Waals surface area contributed by atoms with E-state index >= 15 is 0 Å². The zero-order valence-electron chi connectivity index (χ0n) is 14.3. The quantitative estimate of drug-likeness (QED) is 0.307. The highest BCUT2D eigenvalue weighted by Gasteiger charge is 2.22. The lowest BCUT2D eigenvalue weighted by molar-refractivity contribution is -0.384. The van der Waals surface area contributed by atoms with Gasteiger partial charge in [0.2, 0.25) is 5.43 Å². The Kier molecular flexibility index (Phi) is 5.21. The number of hydrogen-bond donors (Lipinski definition) is 2. The Bertz CT molecular complexity index is 1440. The summed E-state index contributed by atoms with van der Waals surface area (Å²) in [6.45, 7) is 0. The van der Waals surface area contributed by atoms with Gasteiger partial charge in [0, 0.05) is 6.07 Å². The summed E-state index contributed by atoms with van der Waals surface area (Å²) in [6, 6.07) is 5.86. The van der Waals surface area contributed by atoms with Crippen molar-refractivity contribution in [2.24, 2.45) is 0 Å². The second-order valence-corrected chi connectivity index (χ2v) is 7.64. The third-order valence-electron chi connectivity index (χ3n) is 3.61. The van der Waals surface area contributed by atoms with Gasteiger partial charge in [0.05, 0.1) is 27.5 Å². The minimum Gasteiger partial charge on any atom is -0.463 e. The summed E-state index contributed by atoms with van der Waals surface area (Å²) in [5.74, 6) is -0.913. The van der Waals surface area contributed by atoms with Crippen LogP contribution in [0.5, 0.6) is 11.5 Å². The van der Waals surface area contributed by atoms with E-state index in [0.29, 0.717) is 6.07 Å². The number of nitro benzene ring substituents is 1. The van der Waals surface area contributed by atoms with Crippen LogP contribution in [0.3, 0.4) is 0 Å². The molecule has 0 saturated heterocycles. The Hall–Kier alpha value is -3.53. The van der Waals surface area contributed by atoms with Crippen molar-refractivity contribution in [3.8, 4) is 22.6 Å². The van der Waals surface area contributed by atoms with Gasteiger partial charge in [-0.2, -0.15) is 16.8 Å². The molecule has 0 radical (unpaired) electrons. The SMILES string of the molecule is O=c1c(-c2ccc(OS(=O)(=O)O)cc2[N+](=O)[O-])coc2cc(OS(=O)(=O)O)ccc12. The first-order chi connectivity index (χ1) is 13.8. The van der Waals surface area contributed by atoms with Crippen molar-refractivity contribution in [1.82, 2.24) is 0 Å². The fraction of sp³-hybridized carbons (Fsp3) is 0. The van der Waals surface area contributed by atoms with Crippen molar-refractivity contribution in [1.29, 1.82) is 0 Å². The first-order valence-electron chi connectivity index (χ1n) is 7.52. The topological polar surface area (TPSA) is 201 Å². The normalized spacial score (nSPS) is 11.9. The highest BCUT2D eigenvalue weighted by molar-refractivity contribution is 7.81. The fourth-order valence-electron chi connectivity index (χ4n) is 2.53. The van der Waals surface area contributed by atoms with Gasteiger partial charge in [-0.25, -0.2) is 0 Å². The Morgan fingerprint density at radius 1 is 0.900 bits per heavy atom. The van der Waals surface area contributed by atoms with Crippen LogP contribution in [-0.2, 0) is 20.8 Å². The maximum absolute atomic E-state index is 12.8. The molecule has 0 aliphatic carbocycles. The van der Waals surface area contributed by atoms with Crippen molar-refractivity contribution in [3.05, 3.63) is 63.0 Å². The van der Waals surface area contributed by atoms with Crippen LogP contribution in [0.2, 0.25) is 0 Å². The Labute approximate surface area is 167 Å². The van der Waals surface area contributed by atoms with E-state index < -0.39 is 42.6 Å². The molecule has 2 N–H and O–H groups in total. The van der Waals surface area contributed by atoms with Crippen molar-refractivity contribution in [3.63, 3.8) is 0 Å². The number of benzene rings is 2. The second-order valence-electron chi connectivity index (χ2n) is 5.59. The molecule has 1 aromatic heterocycles. The average molecular weight is 459 g/mol. The third-order valence-corrected chi connectivity index (χ3v) is 4.41. The second kappa shape index (κ2) is 7.38. The van der Waals surface area contributed by atoms with Crippen molar-refractivity contribution >= 4 is 37.5 Å². The molecule has 3 rings (SSSR count). The van der Waals surface area contributed by atoms with Crippen LogP contribution in [0.25, 0.3) is 22.1 Å². The van der Waals surface area contributed by atoms with Gasteiger partial charge in [-0.05, 0) is 24.3 Å². The summed E-state index contributed by atoms with van der Waals surface area (Å²) in [5.41, 5.74) is -2.10. The largest absolute Gasteiger partial charge is 0.463 e. The molecule has 13 nitrogen and oxygen atoms in total. The van der Waals surface area contributed by atoms with E-state index in [2.05, 4.69) is 8.37 Å². The van der Waals surface area contributed by atoms with Crippen LogP contribution in [0.4, 0.5) is 5.69 Å². The summed E-state index contributed by atoms with van der Waals surface area (Å²) in [5, 5.41) is 11.3. The number of fused-ring (bicyclic) bond motifs is 1. The lowest BCUT2D eigenvalue weighted by Gasteiger charge is -2.07. The minimum absolute atomic E-state index is 0.0947. The molecule has 0 unspecified atom stereocenters. The van der Waals surface area contributed by atoms with Crippen LogP contribution in [-0.4, -0.2) is 30.9 Å². The molecule has 2 aromatic carbocycles. The first kappa shape index (κ1) is 21.2. The highest BCUT2D eigenvalue weighted by atomic mass is 32.3. The zero-order chi connectivity index (χ0) is 22.3. The van der Waals surface area contributed by atoms with Crippen LogP contribution < -0.4 is 13.8 Å². The maximum Gasteiger partial charge on any atom is 0.446 e. The monoisotopic (exact) mass is 459 g/mol. The number of nitro groups is 1. The number of hydrogen-bond acceptors (Lipinski definition) is 10. The summed E-state index contributed by atoms with van der Waals surface area (Å²) in [4.78, 5) is 23.2. The van der Waals surface area contributed by atoms with Gasteiger partial charge in [-0.1, -0.05) is 0 Å². The Morgan fingerprint density at radius 2 is 1.47 bits per heavy atom. The predicted octanol–water partition coefficient (Wildman–Crippen LogP) is 1.73. The summed E-state index contributed by atoms with van der Waals surface area (Å²) < 4.78 is 74.2. The molecular formula is C15H9NO12S2. The fourth-order valence-corrected chi connectivity index (χ4v) is 3.23. The molecule has 0 spiro atoms. The molecule has 0 aliphatic heterocycles. The highest BCUT2D eigenvalue weighted by Crippen LogP contribution is 2.33. The lowest BCUT2D eigenvalue weighted by atomic mass is 10.0. The third kappa shape index (κ3) is 4.71. The van der Waals surface area contributed by atoms with Crippen molar-refractivity contribution in [2.75, 3.05) is 0 Å². The van der Waals surface area contributed by atoms with Gasteiger partial charge >= 0.3 is 20.8 Å².